The molecule has 0 aliphatic carbocycles. The number of H-pyrrole nitrogens is 2. The number of piperidine rings is 1. The minimum Gasteiger partial charge on any atom is -0.493 e. The maximum atomic E-state index is 14.0. The van der Waals surface area contributed by atoms with Gasteiger partial charge in [0.2, 0.25) is 17.6 Å². The van der Waals surface area contributed by atoms with E-state index in [0.29, 0.717) is 36.6 Å². The van der Waals surface area contributed by atoms with Crippen LogP contribution in [0.1, 0.15) is 47.8 Å². The molecule has 1 fully saturated rings. The number of halogens is 1. The van der Waals surface area contributed by atoms with E-state index in [1.165, 1.54) is 10.4 Å². The quantitative estimate of drug-likeness (QED) is 0.229. The number of likely N-dealkylation sites (tertiary alicyclic amines) is 1. The lowest BCUT2D eigenvalue weighted by Crippen LogP contribution is -2.42. The van der Waals surface area contributed by atoms with Crippen molar-refractivity contribution < 1.29 is 23.8 Å². The van der Waals surface area contributed by atoms with Crippen molar-refractivity contribution >= 4 is 62.9 Å². The molecule has 1 aliphatic rings. The zero-order chi connectivity index (χ0) is 30.2. The van der Waals surface area contributed by atoms with Gasteiger partial charge in [-0.2, -0.15) is 0 Å². The summed E-state index contributed by atoms with van der Waals surface area (Å²) in [5, 5.41) is 2.13. The van der Waals surface area contributed by atoms with E-state index in [2.05, 4.69) is 51.9 Å². The number of carbonyl (C=O) groups excluding carboxylic acids is 2. The van der Waals surface area contributed by atoms with Crippen LogP contribution in [-0.4, -0.2) is 62.4 Å². The smallest absolute Gasteiger partial charge is 0.230 e. The monoisotopic (exact) mass is 641 g/mol. The molecular weight excluding hydrogens is 609 g/mol. The number of hydrogen-bond donors (Lipinski definition) is 2. The Labute approximate surface area is 259 Å². The van der Waals surface area contributed by atoms with E-state index >= 15 is 0 Å². The molecule has 3 aromatic carbocycles. The first-order chi connectivity index (χ1) is 20.8. The molecule has 8 nitrogen and oxygen atoms in total. The van der Waals surface area contributed by atoms with Gasteiger partial charge in [0.05, 0.1) is 21.3 Å². The fourth-order valence-corrected chi connectivity index (χ4v) is 6.71. The highest BCUT2D eigenvalue weighted by Gasteiger charge is 2.34. The van der Waals surface area contributed by atoms with Gasteiger partial charge in [0.25, 0.3) is 0 Å². The molecule has 2 N–H and O–H groups in total. The summed E-state index contributed by atoms with van der Waals surface area (Å²) in [4.78, 5) is 35.6. The first-order valence-electron chi connectivity index (χ1n) is 14.3. The third-order valence-electron chi connectivity index (χ3n) is 8.55. The standard InChI is InChI=1S/C33H33BBrN3O5/c1-41-29-10-19(11-30(42-2)33(29)43-3)22(26-17-37-28-7-5-21(35)14-24(26)28)15-32(40)38-9-8-18(12-31(38)39)25-16-36-27-6-4-20(34)13-23(25)27/h4-7,10-11,13-14,16-18,22,36-37H,8-9,12,15,34H2,1-3H3. The van der Waals surface area contributed by atoms with Crippen LogP contribution in [0.15, 0.2) is 65.4 Å². The third kappa shape index (κ3) is 5.40. The number of aromatic amines is 2. The number of nitrogens with zero attached hydrogens (tertiary/aromatic N) is 1. The average molecular weight is 642 g/mol. The van der Waals surface area contributed by atoms with Crippen LogP contribution >= 0.6 is 15.9 Å². The number of aromatic nitrogens is 2. The Morgan fingerprint density at radius 3 is 2.37 bits per heavy atom. The van der Waals surface area contributed by atoms with Crippen molar-refractivity contribution in [3.63, 3.8) is 0 Å². The molecule has 0 radical (unpaired) electrons. The molecule has 3 heterocycles. The fourth-order valence-electron chi connectivity index (χ4n) is 6.35. The van der Waals surface area contributed by atoms with Crippen molar-refractivity contribution in [1.82, 2.24) is 14.9 Å². The summed E-state index contributed by atoms with van der Waals surface area (Å²) in [5.41, 5.74) is 6.09. The Morgan fingerprint density at radius 1 is 0.977 bits per heavy atom. The van der Waals surface area contributed by atoms with Gasteiger partial charge in [-0.1, -0.05) is 33.5 Å². The Kier molecular flexibility index (Phi) is 7.96. The van der Waals surface area contributed by atoms with Crippen molar-refractivity contribution in [2.45, 2.75) is 31.1 Å². The Balaban J connectivity index is 1.32. The number of rotatable bonds is 8. The van der Waals surface area contributed by atoms with Crippen molar-refractivity contribution in [1.29, 1.82) is 0 Å². The van der Waals surface area contributed by atoms with E-state index in [-0.39, 0.29) is 30.1 Å². The van der Waals surface area contributed by atoms with Gasteiger partial charge in [-0.15, -0.1) is 0 Å². The number of fused-ring (bicyclic) bond motifs is 2. The molecule has 2 unspecified atom stereocenters. The van der Waals surface area contributed by atoms with Crippen LogP contribution in [0.25, 0.3) is 21.8 Å². The number of carbonyl (C=O) groups is 2. The van der Waals surface area contributed by atoms with Crippen LogP contribution in [0.2, 0.25) is 0 Å². The zero-order valence-electron chi connectivity index (χ0n) is 24.6. The summed E-state index contributed by atoms with van der Waals surface area (Å²) in [5.74, 6) is 0.804. The topological polar surface area (TPSA) is 96.7 Å². The van der Waals surface area contributed by atoms with Gasteiger partial charge in [-0.3, -0.25) is 14.5 Å². The number of benzene rings is 3. The Bertz CT molecular complexity index is 1820. The first kappa shape index (κ1) is 28.9. The van der Waals surface area contributed by atoms with Gasteiger partial charge in [-0.05, 0) is 65.4 Å². The largest absolute Gasteiger partial charge is 0.493 e. The van der Waals surface area contributed by atoms with Gasteiger partial charge in [-0.25, -0.2) is 0 Å². The second kappa shape index (κ2) is 11.8. The molecule has 2 atom stereocenters. The molecule has 43 heavy (non-hydrogen) atoms. The molecular formula is C33H33BBrN3O5. The molecule has 0 spiro atoms. The molecule has 220 valence electrons. The molecule has 1 aliphatic heterocycles. The molecule has 10 heteroatoms. The minimum atomic E-state index is -0.383. The highest BCUT2D eigenvalue weighted by Crippen LogP contribution is 2.44. The Hall–Kier alpha value is -4.18. The summed E-state index contributed by atoms with van der Waals surface area (Å²) < 4.78 is 17.8. The third-order valence-corrected chi connectivity index (χ3v) is 9.05. The van der Waals surface area contributed by atoms with E-state index in [9.17, 15) is 9.59 Å². The summed E-state index contributed by atoms with van der Waals surface area (Å²) in [7, 11) is 6.77. The average Bonchev–Trinajstić information content (AvgIpc) is 3.62. The molecule has 5 aromatic rings. The van der Waals surface area contributed by atoms with E-state index in [1.807, 2.05) is 42.7 Å². The number of amides is 2. The van der Waals surface area contributed by atoms with Crippen LogP contribution < -0.4 is 19.7 Å². The highest BCUT2D eigenvalue weighted by atomic mass is 79.9. The normalized spacial score (nSPS) is 16.0. The predicted octanol–water partition coefficient (Wildman–Crippen LogP) is 5.15. The van der Waals surface area contributed by atoms with Crippen LogP contribution in [0.5, 0.6) is 17.2 Å². The van der Waals surface area contributed by atoms with Crippen molar-refractivity contribution in [2.24, 2.45) is 0 Å². The maximum Gasteiger partial charge on any atom is 0.230 e. The van der Waals surface area contributed by atoms with Crippen LogP contribution in [0.4, 0.5) is 0 Å². The zero-order valence-corrected chi connectivity index (χ0v) is 26.2. The van der Waals surface area contributed by atoms with Gasteiger partial charge < -0.3 is 24.2 Å². The number of methoxy groups -OCH3 is 3. The lowest BCUT2D eigenvalue weighted by Gasteiger charge is -2.31. The Morgan fingerprint density at radius 2 is 1.67 bits per heavy atom. The van der Waals surface area contributed by atoms with Crippen LogP contribution in [0.3, 0.4) is 0 Å². The number of nitrogens with one attached hydrogen (secondary N) is 2. The van der Waals surface area contributed by atoms with Gasteiger partial charge in [0, 0.05) is 64.0 Å². The minimum absolute atomic E-state index is 0.0592. The fraction of sp³-hybridized carbons (Fsp3) is 0.273. The molecule has 2 amide bonds. The van der Waals surface area contributed by atoms with Gasteiger partial charge in [0.1, 0.15) is 7.85 Å². The number of hydrogen-bond acceptors (Lipinski definition) is 5. The second-order valence-corrected chi connectivity index (χ2v) is 12.0. The van der Waals surface area contributed by atoms with E-state index in [0.717, 1.165) is 43.0 Å². The number of imide groups is 1. The molecule has 0 saturated carbocycles. The molecule has 0 bridgehead atoms. The summed E-state index contributed by atoms with van der Waals surface area (Å²) in [6, 6.07) is 16.1. The summed E-state index contributed by atoms with van der Waals surface area (Å²) in [6.07, 6.45) is 5.05. The SMILES string of the molecule is Bc1ccc2[nH]cc(C3CCN(C(=O)CC(c4cc(OC)c(OC)c(OC)c4)c4c[nH]c5ccc(Br)cc45)C(=O)C3)c2c1. The lowest BCUT2D eigenvalue weighted by atomic mass is 9.85. The number of ether oxygens (including phenoxy) is 3. The molecule has 1 saturated heterocycles. The highest BCUT2D eigenvalue weighted by molar-refractivity contribution is 9.10. The van der Waals surface area contributed by atoms with Crippen molar-refractivity contribution in [3.05, 3.63) is 82.1 Å². The summed E-state index contributed by atoms with van der Waals surface area (Å²) in [6.45, 7) is 0.377. The van der Waals surface area contributed by atoms with E-state index in [4.69, 9.17) is 14.2 Å². The second-order valence-electron chi connectivity index (χ2n) is 11.1. The van der Waals surface area contributed by atoms with E-state index in [1.54, 1.807) is 21.3 Å². The van der Waals surface area contributed by atoms with Crippen molar-refractivity contribution in [3.8, 4) is 17.2 Å². The maximum absolute atomic E-state index is 14.0. The molecule has 6 rings (SSSR count). The van der Waals surface area contributed by atoms with Crippen LogP contribution in [-0.2, 0) is 9.59 Å². The van der Waals surface area contributed by atoms with Gasteiger partial charge in [0.15, 0.2) is 11.5 Å². The molecule has 2 aromatic heterocycles. The lowest BCUT2D eigenvalue weighted by molar-refractivity contribution is -0.147. The predicted molar refractivity (Wildman–Crippen MR) is 174 cm³/mol. The van der Waals surface area contributed by atoms with Crippen LogP contribution in [0, 0.1) is 0 Å². The first-order valence-corrected chi connectivity index (χ1v) is 15.1. The van der Waals surface area contributed by atoms with E-state index < -0.39 is 0 Å². The van der Waals surface area contributed by atoms with Crippen molar-refractivity contribution in [2.75, 3.05) is 27.9 Å². The van der Waals surface area contributed by atoms with Gasteiger partial charge >= 0.3 is 0 Å². The summed E-state index contributed by atoms with van der Waals surface area (Å²) >= 11 is 3.59.